The molecule has 0 aliphatic heterocycles. The molecule has 0 fully saturated rings. The number of rotatable bonds is 7. The Labute approximate surface area is 123 Å². The number of aromatic nitrogens is 2. The van der Waals surface area contributed by atoms with Crippen LogP contribution < -0.4 is 4.74 Å². The van der Waals surface area contributed by atoms with Gasteiger partial charge in [0.05, 0.1) is 12.4 Å². The Morgan fingerprint density at radius 2 is 1.90 bits per heavy atom. The Balaban J connectivity index is 1.64. The summed E-state index contributed by atoms with van der Waals surface area (Å²) in [6, 6.07) is 6.21. The van der Waals surface area contributed by atoms with Gasteiger partial charge in [-0.3, -0.25) is 0 Å². The molecule has 0 aliphatic carbocycles. The van der Waals surface area contributed by atoms with Gasteiger partial charge in [0.2, 0.25) is 11.8 Å². The van der Waals surface area contributed by atoms with E-state index in [0.717, 1.165) is 30.3 Å². The standard InChI is InChI=1S/C15H20N2O2S/c1-11-6-4-7-12(2)15(11)18-8-5-9-20-10-14-17-16-13(3)19-14/h4,6-7H,5,8-10H2,1-3H3. The van der Waals surface area contributed by atoms with E-state index in [1.165, 1.54) is 11.1 Å². The highest BCUT2D eigenvalue weighted by molar-refractivity contribution is 7.98. The number of ether oxygens (including phenoxy) is 1. The van der Waals surface area contributed by atoms with Gasteiger partial charge in [-0.05, 0) is 37.1 Å². The lowest BCUT2D eigenvalue weighted by Gasteiger charge is -2.11. The van der Waals surface area contributed by atoms with Crippen molar-refractivity contribution in [3.8, 4) is 5.75 Å². The van der Waals surface area contributed by atoms with Crippen molar-refractivity contribution in [1.29, 1.82) is 0 Å². The maximum atomic E-state index is 5.86. The predicted molar refractivity (Wildman–Crippen MR) is 81.2 cm³/mol. The van der Waals surface area contributed by atoms with Crippen LogP contribution in [-0.4, -0.2) is 22.6 Å². The van der Waals surface area contributed by atoms with Crippen LogP contribution in [0.5, 0.6) is 5.75 Å². The number of benzene rings is 1. The van der Waals surface area contributed by atoms with Crippen molar-refractivity contribution in [3.05, 3.63) is 41.1 Å². The average molecular weight is 292 g/mol. The van der Waals surface area contributed by atoms with Crippen molar-refractivity contribution in [3.63, 3.8) is 0 Å². The molecule has 108 valence electrons. The first-order chi connectivity index (χ1) is 9.66. The molecule has 0 saturated heterocycles. The van der Waals surface area contributed by atoms with E-state index in [1.807, 2.05) is 0 Å². The highest BCUT2D eigenvalue weighted by Crippen LogP contribution is 2.22. The molecule has 1 aromatic carbocycles. The van der Waals surface area contributed by atoms with Gasteiger partial charge in [-0.25, -0.2) is 0 Å². The van der Waals surface area contributed by atoms with E-state index in [0.29, 0.717) is 11.8 Å². The fraction of sp³-hybridized carbons (Fsp3) is 0.467. The minimum atomic E-state index is 0.624. The molecule has 0 aliphatic rings. The number of hydrogen-bond donors (Lipinski definition) is 0. The summed E-state index contributed by atoms with van der Waals surface area (Å²) in [4.78, 5) is 0. The van der Waals surface area contributed by atoms with E-state index >= 15 is 0 Å². The Hall–Kier alpha value is -1.49. The van der Waals surface area contributed by atoms with E-state index in [1.54, 1.807) is 18.7 Å². The van der Waals surface area contributed by atoms with Crippen molar-refractivity contribution >= 4 is 11.8 Å². The predicted octanol–water partition coefficient (Wildman–Crippen LogP) is 3.70. The molecule has 2 aromatic rings. The fourth-order valence-electron chi connectivity index (χ4n) is 1.92. The molecule has 1 heterocycles. The summed E-state index contributed by atoms with van der Waals surface area (Å²) in [6.07, 6.45) is 1.01. The summed E-state index contributed by atoms with van der Waals surface area (Å²) in [5.74, 6) is 4.13. The van der Waals surface area contributed by atoms with Crippen LogP contribution in [-0.2, 0) is 5.75 Å². The molecule has 4 nitrogen and oxygen atoms in total. The second-order valence-corrected chi connectivity index (χ2v) is 5.80. The number of hydrogen-bond acceptors (Lipinski definition) is 5. The van der Waals surface area contributed by atoms with E-state index < -0.39 is 0 Å². The van der Waals surface area contributed by atoms with Crippen molar-refractivity contribution in [1.82, 2.24) is 10.2 Å². The monoisotopic (exact) mass is 292 g/mol. The largest absolute Gasteiger partial charge is 0.493 e. The lowest BCUT2D eigenvalue weighted by molar-refractivity contribution is 0.314. The van der Waals surface area contributed by atoms with Crippen LogP contribution in [0.3, 0.4) is 0 Å². The molecule has 0 unspecified atom stereocenters. The normalized spacial score (nSPS) is 10.8. The Morgan fingerprint density at radius 3 is 2.55 bits per heavy atom. The molecule has 0 radical (unpaired) electrons. The fourth-order valence-corrected chi connectivity index (χ4v) is 2.67. The molecule has 0 atom stereocenters. The SMILES string of the molecule is Cc1nnc(CSCCCOc2c(C)cccc2C)o1. The molecular weight excluding hydrogens is 272 g/mol. The van der Waals surface area contributed by atoms with Crippen LogP contribution >= 0.6 is 11.8 Å². The first-order valence-corrected chi connectivity index (χ1v) is 7.88. The van der Waals surface area contributed by atoms with Gasteiger partial charge in [0, 0.05) is 6.92 Å². The van der Waals surface area contributed by atoms with Crippen LogP contribution in [0.2, 0.25) is 0 Å². The molecule has 2 rings (SSSR count). The third-order valence-corrected chi connectivity index (χ3v) is 3.91. The summed E-state index contributed by atoms with van der Waals surface area (Å²) >= 11 is 1.79. The molecule has 0 spiro atoms. The maximum Gasteiger partial charge on any atom is 0.226 e. The van der Waals surface area contributed by atoms with E-state index in [2.05, 4.69) is 42.2 Å². The summed E-state index contributed by atoms with van der Waals surface area (Å²) < 4.78 is 11.2. The highest BCUT2D eigenvalue weighted by Gasteiger charge is 2.04. The minimum absolute atomic E-state index is 0.624. The molecule has 0 amide bonds. The van der Waals surface area contributed by atoms with Crippen molar-refractivity contribution < 1.29 is 9.15 Å². The van der Waals surface area contributed by atoms with Gasteiger partial charge in [-0.2, -0.15) is 11.8 Å². The van der Waals surface area contributed by atoms with Crippen molar-refractivity contribution in [2.75, 3.05) is 12.4 Å². The highest BCUT2D eigenvalue weighted by atomic mass is 32.2. The molecule has 5 heteroatoms. The number of aryl methyl sites for hydroxylation is 3. The minimum Gasteiger partial charge on any atom is -0.493 e. The lowest BCUT2D eigenvalue weighted by atomic mass is 10.1. The topological polar surface area (TPSA) is 48.2 Å². The van der Waals surface area contributed by atoms with Crippen molar-refractivity contribution in [2.24, 2.45) is 0 Å². The maximum absolute atomic E-state index is 5.86. The zero-order valence-corrected chi connectivity index (χ0v) is 13.0. The molecule has 0 N–H and O–H groups in total. The van der Waals surface area contributed by atoms with Crippen molar-refractivity contribution in [2.45, 2.75) is 32.9 Å². The van der Waals surface area contributed by atoms with Gasteiger partial charge in [-0.15, -0.1) is 10.2 Å². The van der Waals surface area contributed by atoms with Crippen LogP contribution in [0.15, 0.2) is 22.6 Å². The van der Waals surface area contributed by atoms with E-state index in [-0.39, 0.29) is 0 Å². The Kier molecular flexibility index (Phi) is 5.47. The quantitative estimate of drug-likeness (QED) is 0.728. The Bertz CT molecular complexity index is 534. The zero-order valence-electron chi connectivity index (χ0n) is 12.2. The van der Waals surface area contributed by atoms with E-state index in [9.17, 15) is 0 Å². The van der Waals surface area contributed by atoms with Crippen LogP contribution in [0.4, 0.5) is 0 Å². The second-order valence-electron chi connectivity index (χ2n) is 4.69. The molecule has 0 saturated carbocycles. The number of para-hydroxylation sites is 1. The third kappa shape index (κ3) is 4.27. The summed E-state index contributed by atoms with van der Waals surface area (Å²) in [5.41, 5.74) is 2.39. The van der Waals surface area contributed by atoms with Crippen LogP contribution in [0, 0.1) is 20.8 Å². The number of thioether (sulfide) groups is 1. The van der Waals surface area contributed by atoms with Gasteiger partial charge in [-0.1, -0.05) is 18.2 Å². The first kappa shape index (κ1) is 14.9. The average Bonchev–Trinajstić information content (AvgIpc) is 2.82. The van der Waals surface area contributed by atoms with Gasteiger partial charge in [0.25, 0.3) is 0 Å². The van der Waals surface area contributed by atoms with Gasteiger partial charge in [0.15, 0.2) is 0 Å². The molecule has 0 bridgehead atoms. The van der Waals surface area contributed by atoms with Crippen LogP contribution in [0.25, 0.3) is 0 Å². The van der Waals surface area contributed by atoms with Crippen LogP contribution in [0.1, 0.15) is 29.3 Å². The first-order valence-electron chi connectivity index (χ1n) is 6.72. The molecule has 20 heavy (non-hydrogen) atoms. The summed E-state index contributed by atoms with van der Waals surface area (Å²) in [5, 5.41) is 7.77. The summed E-state index contributed by atoms with van der Waals surface area (Å²) in [7, 11) is 0. The van der Waals surface area contributed by atoms with Gasteiger partial charge in [0.1, 0.15) is 5.75 Å². The lowest BCUT2D eigenvalue weighted by Crippen LogP contribution is -2.01. The third-order valence-electron chi connectivity index (χ3n) is 2.88. The van der Waals surface area contributed by atoms with E-state index in [4.69, 9.17) is 9.15 Å². The second kappa shape index (κ2) is 7.33. The summed E-state index contributed by atoms with van der Waals surface area (Å²) in [6.45, 7) is 6.70. The smallest absolute Gasteiger partial charge is 0.226 e. The molecule has 1 aromatic heterocycles. The van der Waals surface area contributed by atoms with Gasteiger partial charge >= 0.3 is 0 Å². The number of nitrogens with zero attached hydrogens (tertiary/aromatic N) is 2. The zero-order chi connectivity index (χ0) is 14.4. The Morgan fingerprint density at radius 1 is 1.15 bits per heavy atom. The van der Waals surface area contributed by atoms with Gasteiger partial charge < -0.3 is 9.15 Å². The molecular formula is C15H20N2O2S.